The molecule has 3 rings (SSSR count). The molecule has 2 fully saturated rings. The molecule has 2 atom stereocenters. The Morgan fingerprint density at radius 2 is 1.75 bits per heavy atom. The summed E-state index contributed by atoms with van der Waals surface area (Å²) in [4.78, 5) is 28.6. The molecule has 0 spiro atoms. The first-order chi connectivity index (χ1) is 9.66. The summed E-state index contributed by atoms with van der Waals surface area (Å²) < 4.78 is 0. The maximum absolute atomic E-state index is 12.4. The van der Waals surface area contributed by atoms with E-state index in [0.29, 0.717) is 19.4 Å². The van der Waals surface area contributed by atoms with Crippen LogP contribution in [0.2, 0.25) is 0 Å². The van der Waals surface area contributed by atoms with Crippen LogP contribution in [0, 0.1) is 11.8 Å². The van der Waals surface area contributed by atoms with E-state index in [9.17, 15) is 9.59 Å². The standard InChI is InChI=1S/C15H21ClN2O2/c16-11-4-5-12-13(10-11)15(20)18(14(12)19)9-8-17-6-2-1-3-7-17/h4,12-13H,1-3,5-10H2/t12-,13+/m0/s1. The number of allylic oxidation sites excluding steroid dienone is 2. The highest BCUT2D eigenvalue weighted by atomic mass is 35.5. The van der Waals surface area contributed by atoms with E-state index in [1.807, 2.05) is 6.08 Å². The lowest BCUT2D eigenvalue weighted by Gasteiger charge is -2.28. The van der Waals surface area contributed by atoms with E-state index in [1.165, 1.54) is 24.2 Å². The number of hydrogen-bond acceptors (Lipinski definition) is 3. The molecule has 1 aliphatic carbocycles. The lowest BCUT2D eigenvalue weighted by atomic mass is 9.85. The van der Waals surface area contributed by atoms with Gasteiger partial charge in [0.25, 0.3) is 0 Å². The third-order valence-corrected chi connectivity index (χ3v) is 5.06. The fourth-order valence-electron chi connectivity index (χ4n) is 3.54. The zero-order valence-corrected chi connectivity index (χ0v) is 12.4. The average Bonchev–Trinajstić information content (AvgIpc) is 2.70. The number of halogens is 1. The Morgan fingerprint density at radius 3 is 2.50 bits per heavy atom. The van der Waals surface area contributed by atoms with Gasteiger partial charge < -0.3 is 4.90 Å². The number of carbonyl (C=O) groups excluding carboxylic acids is 2. The van der Waals surface area contributed by atoms with Crippen molar-refractivity contribution in [1.82, 2.24) is 9.80 Å². The third-order valence-electron chi connectivity index (χ3n) is 4.75. The molecule has 0 N–H and O–H groups in total. The number of rotatable bonds is 3. The molecule has 5 heteroatoms. The van der Waals surface area contributed by atoms with Gasteiger partial charge in [0.2, 0.25) is 11.8 Å². The van der Waals surface area contributed by atoms with E-state index in [4.69, 9.17) is 11.6 Å². The van der Waals surface area contributed by atoms with Gasteiger partial charge in [0, 0.05) is 18.1 Å². The quantitative estimate of drug-likeness (QED) is 0.748. The monoisotopic (exact) mass is 296 g/mol. The van der Waals surface area contributed by atoms with Gasteiger partial charge in [-0.25, -0.2) is 0 Å². The molecule has 3 aliphatic rings. The molecule has 0 aromatic heterocycles. The fraction of sp³-hybridized carbons (Fsp3) is 0.733. The van der Waals surface area contributed by atoms with Crippen molar-refractivity contribution in [3.8, 4) is 0 Å². The largest absolute Gasteiger partial charge is 0.302 e. The van der Waals surface area contributed by atoms with Crippen molar-refractivity contribution in [1.29, 1.82) is 0 Å². The molecule has 110 valence electrons. The van der Waals surface area contributed by atoms with E-state index < -0.39 is 0 Å². The van der Waals surface area contributed by atoms with Gasteiger partial charge in [0.05, 0.1) is 11.8 Å². The van der Waals surface area contributed by atoms with Crippen LogP contribution in [0.3, 0.4) is 0 Å². The molecule has 0 bridgehead atoms. The number of likely N-dealkylation sites (tertiary alicyclic amines) is 2. The summed E-state index contributed by atoms with van der Waals surface area (Å²) in [6.07, 6.45) is 6.80. The first-order valence-corrected chi connectivity index (χ1v) is 7.96. The van der Waals surface area contributed by atoms with Crippen LogP contribution in [-0.4, -0.2) is 47.8 Å². The Morgan fingerprint density at radius 1 is 1.05 bits per heavy atom. The maximum atomic E-state index is 12.4. The van der Waals surface area contributed by atoms with Crippen LogP contribution in [0.1, 0.15) is 32.1 Å². The molecule has 0 aromatic rings. The predicted molar refractivity (Wildman–Crippen MR) is 77.2 cm³/mol. The van der Waals surface area contributed by atoms with Gasteiger partial charge in [-0.05, 0) is 38.8 Å². The Bertz CT molecular complexity index is 443. The summed E-state index contributed by atoms with van der Waals surface area (Å²) >= 11 is 6.01. The van der Waals surface area contributed by atoms with Crippen molar-refractivity contribution in [2.45, 2.75) is 32.1 Å². The Kier molecular flexibility index (Phi) is 4.13. The Labute approximate surface area is 124 Å². The van der Waals surface area contributed by atoms with Crippen LogP contribution < -0.4 is 0 Å². The number of imide groups is 1. The second kappa shape index (κ2) is 5.86. The summed E-state index contributed by atoms with van der Waals surface area (Å²) in [5.41, 5.74) is 0. The van der Waals surface area contributed by atoms with Crippen LogP contribution in [0.25, 0.3) is 0 Å². The molecule has 4 nitrogen and oxygen atoms in total. The zero-order valence-electron chi connectivity index (χ0n) is 11.7. The minimum Gasteiger partial charge on any atom is -0.302 e. The van der Waals surface area contributed by atoms with Crippen LogP contribution in [0.15, 0.2) is 11.1 Å². The van der Waals surface area contributed by atoms with Crippen molar-refractivity contribution < 1.29 is 9.59 Å². The average molecular weight is 297 g/mol. The van der Waals surface area contributed by atoms with Crippen LogP contribution in [0.4, 0.5) is 0 Å². The van der Waals surface area contributed by atoms with Gasteiger partial charge >= 0.3 is 0 Å². The lowest BCUT2D eigenvalue weighted by Crippen LogP contribution is -2.40. The molecule has 0 unspecified atom stereocenters. The number of amides is 2. The topological polar surface area (TPSA) is 40.6 Å². The van der Waals surface area contributed by atoms with E-state index >= 15 is 0 Å². The molecule has 2 aliphatic heterocycles. The predicted octanol–water partition coefficient (Wildman–Crippen LogP) is 1.99. The van der Waals surface area contributed by atoms with Gasteiger partial charge in [-0.2, -0.15) is 0 Å². The van der Waals surface area contributed by atoms with Crippen molar-refractivity contribution in [2.24, 2.45) is 11.8 Å². The summed E-state index contributed by atoms with van der Waals surface area (Å²) in [6.45, 7) is 3.55. The molecule has 20 heavy (non-hydrogen) atoms. The number of hydrogen-bond donors (Lipinski definition) is 0. The zero-order chi connectivity index (χ0) is 14.1. The summed E-state index contributed by atoms with van der Waals surface area (Å²) in [7, 11) is 0. The Hall–Kier alpha value is -0.870. The smallest absolute Gasteiger partial charge is 0.233 e. The maximum Gasteiger partial charge on any atom is 0.233 e. The first kappa shape index (κ1) is 14.1. The molecule has 0 radical (unpaired) electrons. The van der Waals surface area contributed by atoms with Gasteiger partial charge in [-0.15, -0.1) is 0 Å². The number of nitrogens with zero attached hydrogens (tertiary/aromatic N) is 2. The fourth-order valence-corrected chi connectivity index (χ4v) is 3.80. The first-order valence-electron chi connectivity index (χ1n) is 7.59. The van der Waals surface area contributed by atoms with Crippen molar-refractivity contribution in [3.05, 3.63) is 11.1 Å². The molecular formula is C15H21ClN2O2. The normalized spacial score (nSPS) is 31.4. The van der Waals surface area contributed by atoms with Crippen LogP contribution >= 0.6 is 11.6 Å². The summed E-state index contributed by atoms with van der Waals surface area (Å²) in [5, 5.41) is 0.727. The van der Waals surface area contributed by atoms with Crippen molar-refractivity contribution in [3.63, 3.8) is 0 Å². The molecule has 2 amide bonds. The molecular weight excluding hydrogens is 276 g/mol. The van der Waals surface area contributed by atoms with Gasteiger partial charge in [-0.3, -0.25) is 14.5 Å². The highest BCUT2D eigenvalue weighted by Gasteiger charge is 2.48. The SMILES string of the molecule is O=C1[C@H]2CC=C(Cl)C[C@H]2C(=O)N1CCN1CCCCC1. The van der Waals surface area contributed by atoms with Gasteiger partial charge in [-0.1, -0.05) is 24.1 Å². The summed E-state index contributed by atoms with van der Waals surface area (Å²) in [5.74, 6) is -0.367. The van der Waals surface area contributed by atoms with Crippen molar-refractivity contribution >= 4 is 23.4 Å². The summed E-state index contributed by atoms with van der Waals surface area (Å²) in [6, 6.07) is 0. The van der Waals surface area contributed by atoms with Crippen LogP contribution in [-0.2, 0) is 9.59 Å². The van der Waals surface area contributed by atoms with Gasteiger partial charge in [0.1, 0.15) is 0 Å². The lowest BCUT2D eigenvalue weighted by molar-refractivity contribution is -0.140. The molecule has 0 saturated carbocycles. The van der Waals surface area contributed by atoms with Crippen LogP contribution in [0.5, 0.6) is 0 Å². The van der Waals surface area contributed by atoms with Gasteiger partial charge in [0.15, 0.2) is 0 Å². The highest BCUT2D eigenvalue weighted by Crippen LogP contribution is 2.38. The molecule has 2 heterocycles. The molecule has 0 aromatic carbocycles. The van der Waals surface area contributed by atoms with Crippen molar-refractivity contribution in [2.75, 3.05) is 26.2 Å². The van der Waals surface area contributed by atoms with E-state index in [0.717, 1.165) is 24.7 Å². The number of carbonyl (C=O) groups is 2. The molecule has 2 saturated heterocycles. The second-order valence-corrected chi connectivity index (χ2v) is 6.52. The van der Waals surface area contributed by atoms with E-state index in [1.54, 1.807) is 0 Å². The number of fused-ring (bicyclic) bond motifs is 1. The third kappa shape index (κ3) is 2.63. The highest BCUT2D eigenvalue weighted by molar-refractivity contribution is 6.30. The minimum atomic E-state index is -0.207. The Balaban J connectivity index is 1.60. The second-order valence-electron chi connectivity index (χ2n) is 6.03. The van der Waals surface area contributed by atoms with E-state index in [2.05, 4.69) is 4.90 Å². The minimum absolute atomic E-state index is 0.0109. The van der Waals surface area contributed by atoms with E-state index in [-0.39, 0.29) is 23.7 Å². The number of piperidine rings is 1.